The van der Waals surface area contributed by atoms with Gasteiger partial charge in [0.2, 0.25) is 15.9 Å². The fourth-order valence-electron chi connectivity index (χ4n) is 3.29. The van der Waals surface area contributed by atoms with Crippen LogP contribution in [0.15, 0.2) is 24.3 Å². The van der Waals surface area contributed by atoms with Gasteiger partial charge in [0.15, 0.2) is 0 Å². The van der Waals surface area contributed by atoms with E-state index in [0.29, 0.717) is 17.5 Å². The summed E-state index contributed by atoms with van der Waals surface area (Å²) in [5.74, 6) is -1.17. The van der Waals surface area contributed by atoms with E-state index >= 15 is 0 Å². The number of carbonyl (C=O) groups is 3. The number of sulfonamides is 1. The van der Waals surface area contributed by atoms with Gasteiger partial charge >= 0.3 is 0 Å². The van der Waals surface area contributed by atoms with Gasteiger partial charge in [0, 0.05) is 26.2 Å². The van der Waals surface area contributed by atoms with Crippen molar-refractivity contribution >= 4 is 27.7 Å². The number of nitrogens with zero attached hydrogens (tertiary/aromatic N) is 3. The minimum absolute atomic E-state index is 0.118. The van der Waals surface area contributed by atoms with Gasteiger partial charge in [-0.1, -0.05) is 25.5 Å². The lowest BCUT2D eigenvalue weighted by Crippen LogP contribution is -2.53. The molecule has 2 aliphatic rings. The van der Waals surface area contributed by atoms with Gasteiger partial charge in [-0.2, -0.15) is 4.31 Å². The second-order valence-corrected chi connectivity index (χ2v) is 8.78. The molecule has 0 bridgehead atoms. The largest absolute Gasteiger partial charge is 0.338 e. The molecule has 0 aromatic heterocycles. The second-order valence-electron chi connectivity index (χ2n) is 6.69. The third-order valence-corrected chi connectivity index (χ3v) is 6.87. The number of benzene rings is 1. The van der Waals surface area contributed by atoms with Gasteiger partial charge in [0.1, 0.15) is 6.54 Å². The van der Waals surface area contributed by atoms with E-state index < -0.39 is 21.8 Å². The maximum Gasteiger partial charge on any atom is 0.262 e. The fourth-order valence-corrected chi connectivity index (χ4v) is 4.92. The summed E-state index contributed by atoms with van der Waals surface area (Å²) in [6, 6.07) is 6.49. The lowest BCUT2D eigenvalue weighted by Gasteiger charge is -2.34. The topological polar surface area (TPSA) is 95.1 Å². The molecule has 9 heteroatoms. The molecule has 2 aliphatic heterocycles. The predicted molar refractivity (Wildman–Crippen MR) is 98.7 cm³/mol. The van der Waals surface area contributed by atoms with E-state index in [9.17, 15) is 22.8 Å². The van der Waals surface area contributed by atoms with Crippen molar-refractivity contribution in [3.05, 3.63) is 35.4 Å². The zero-order valence-corrected chi connectivity index (χ0v) is 16.1. The first-order chi connectivity index (χ1) is 12.8. The van der Waals surface area contributed by atoms with Crippen LogP contribution in [0.5, 0.6) is 0 Å². The molecular formula is C18H23N3O5S. The Labute approximate surface area is 158 Å². The van der Waals surface area contributed by atoms with Crippen molar-refractivity contribution in [3.8, 4) is 0 Å². The third-order valence-electron chi connectivity index (χ3n) is 4.91. The summed E-state index contributed by atoms with van der Waals surface area (Å²) in [7, 11) is -3.29. The Bertz CT molecular complexity index is 825. The van der Waals surface area contributed by atoms with E-state index in [1.807, 2.05) is 6.92 Å². The SMILES string of the molecule is CCCCS(=O)(=O)N1CCN(C(=O)CN2C(=O)c3ccccc3C2=O)CC1. The van der Waals surface area contributed by atoms with E-state index in [-0.39, 0.29) is 44.4 Å². The first kappa shape index (κ1) is 19.5. The van der Waals surface area contributed by atoms with Gasteiger partial charge < -0.3 is 4.90 Å². The van der Waals surface area contributed by atoms with Crippen molar-refractivity contribution in [3.63, 3.8) is 0 Å². The van der Waals surface area contributed by atoms with Crippen LogP contribution in [0.4, 0.5) is 0 Å². The number of imide groups is 1. The highest BCUT2D eigenvalue weighted by molar-refractivity contribution is 7.89. The summed E-state index contributed by atoms with van der Waals surface area (Å²) in [6.07, 6.45) is 1.42. The van der Waals surface area contributed by atoms with Crippen LogP contribution >= 0.6 is 0 Å². The van der Waals surface area contributed by atoms with E-state index in [1.54, 1.807) is 24.3 Å². The van der Waals surface area contributed by atoms with Gasteiger partial charge in [0.05, 0.1) is 16.9 Å². The average Bonchev–Trinajstić information content (AvgIpc) is 2.92. The molecule has 0 spiro atoms. The zero-order chi connectivity index (χ0) is 19.6. The van der Waals surface area contributed by atoms with E-state index in [2.05, 4.69) is 0 Å². The highest BCUT2D eigenvalue weighted by atomic mass is 32.2. The van der Waals surface area contributed by atoms with Crippen LogP contribution < -0.4 is 0 Å². The van der Waals surface area contributed by atoms with Crippen molar-refractivity contribution < 1.29 is 22.8 Å². The summed E-state index contributed by atoms with van der Waals surface area (Å²) in [4.78, 5) is 39.7. The monoisotopic (exact) mass is 393 g/mol. The van der Waals surface area contributed by atoms with Crippen LogP contribution in [0.25, 0.3) is 0 Å². The average molecular weight is 393 g/mol. The molecule has 2 heterocycles. The smallest absolute Gasteiger partial charge is 0.262 e. The molecular weight excluding hydrogens is 370 g/mol. The van der Waals surface area contributed by atoms with Crippen LogP contribution in [0.2, 0.25) is 0 Å². The Kier molecular flexibility index (Phi) is 5.61. The van der Waals surface area contributed by atoms with Gasteiger partial charge in [-0.05, 0) is 18.6 Å². The second kappa shape index (κ2) is 7.77. The summed E-state index contributed by atoms with van der Waals surface area (Å²) in [5.41, 5.74) is 0.615. The molecule has 1 aromatic carbocycles. The minimum Gasteiger partial charge on any atom is -0.338 e. The summed E-state index contributed by atoms with van der Waals surface area (Å²) < 4.78 is 25.9. The first-order valence-corrected chi connectivity index (χ1v) is 10.7. The molecule has 3 rings (SSSR count). The summed E-state index contributed by atoms with van der Waals surface area (Å²) in [6.45, 7) is 2.60. The number of fused-ring (bicyclic) bond motifs is 1. The number of piperazine rings is 1. The molecule has 1 fully saturated rings. The van der Waals surface area contributed by atoms with Crippen LogP contribution in [-0.4, -0.2) is 78.7 Å². The first-order valence-electron chi connectivity index (χ1n) is 9.06. The quantitative estimate of drug-likeness (QED) is 0.658. The maximum atomic E-state index is 12.5. The van der Waals surface area contributed by atoms with E-state index in [1.165, 1.54) is 9.21 Å². The van der Waals surface area contributed by atoms with Crippen LogP contribution in [0, 0.1) is 0 Å². The molecule has 0 saturated carbocycles. The molecule has 0 unspecified atom stereocenters. The number of rotatable bonds is 6. The van der Waals surface area contributed by atoms with Crippen molar-refractivity contribution in [1.29, 1.82) is 0 Å². The lowest BCUT2D eigenvalue weighted by atomic mass is 10.1. The number of amides is 3. The Hall–Kier alpha value is -2.26. The lowest BCUT2D eigenvalue weighted by molar-refractivity contribution is -0.132. The normalized spacial score (nSPS) is 18.1. The minimum atomic E-state index is -3.29. The number of carbonyl (C=O) groups excluding carboxylic acids is 3. The summed E-state index contributed by atoms with van der Waals surface area (Å²) >= 11 is 0. The molecule has 0 radical (unpaired) electrons. The third kappa shape index (κ3) is 3.89. The Morgan fingerprint density at radius 2 is 1.56 bits per heavy atom. The van der Waals surface area contributed by atoms with E-state index in [0.717, 1.165) is 11.3 Å². The molecule has 3 amide bonds. The molecule has 146 valence electrons. The fraction of sp³-hybridized carbons (Fsp3) is 0.500. The van der Waals surface area contributed by atoms with Gasteiger partial charge in [-0.25, -0.2) is 8.42 Å². The highest BCUT2D eigenvalue weighted by Gasteiger charge is 2.37. The van der Waals surface area contributed by atoms with Gasteiger partial charge in [-0.3, -0.25) is 19.3 Å². The van der Waals surface area contributed by atoms with Crippen LogP contribution in [0.1, 0.15) is 40.5 Å². The number of hydrogen-bond acceptors (Lipinski definition) is 5. The molecule has 1 aromatic rings. The number of unbranched alkanes of at least 4 members (excludes halogenated alkanes) is 1. The maximum absolute atomic E-state index is 12.5. The molecule has 0 aliphatic carbocycles. The van der Waals surface area contributed by atoms with Crippen molar-refractivity contribution in [2.75, 3.05) is 38.5 Å². The van der Waals surface area contributed by atoms with Crippen molar-refractivity contribution in [2.24, 2.45) is 0 Å². The van der Waals surface area contributed by atoms with Crippen molar-refractivity contribution in [2.45, 2.75) is 19.8 Å². The van der Waals surface area contributed by atoms with E-state index in [4.69, 9.17) is 0 Å². The molecule has 0 atom stereocenters. The Morgan fingerprint density at radius 3 is 2.07 bits per heavy atom. The Morgan fingerprint density at radius 1 is 1.00 bits per heavy atom. The molecule has 27 heavy (non-hydrogen) atoms. The molecule has 0 N–H and O–H groups in total. The van der Waals surface area contributed by atoms with Crippen molar-refractivity contribution in [1.82, 2.24) is 14.1 Å². The number of hydrogen-bond donors (Lipinski definition) is 0. The predicted octanol–water partition coefficient (Wildman–Crippen LogP) is 0.557. The standard InChI is InChI=1S/C18H23N3O5S/c1-2-3-12-27(25,26)20-10-8-19(9-11-20)16(22)13-21-17(23)14-6-4-5-7-15(14)18(21)24/h4-7H,2-3,8-13H2,1H3. The van der Waals surface area contributed by atoms with Gasteiger partial charge in [0.25, 0.3) is 11.8 Å². The highest BCUT2D eigenvalue weighted by Crippen LogP contribution is 2.22. The molecule has 1 saturated heterocycles. The van der Waals surface area contributed by atoms with Crippen LogP contribution in [-0.2, 0) is 14.8 Å². The molecule has 8 nitrogen and oxygen atoms in total. The zero-order valence-electron chi connectivity index (χ0n) is 15.3. The van der Waals surface area contributed by atoms with Gasteiger partial charge in [-0.15, -0.1) is 0 Å². The van der Waals surface area contributed by atoms with Crippen LogP contribution in [0.3, 0.4) is 0 Å². The Balaban J connectivity index is 1.58. The summed E-state index contributed by atoms with van der Waals surface area (Å²) in [5, 5.41) is 0.